The lowest BCUT2D eigenvalue weighted by Crippen LogP contribution is -2.51. The zero-order valence-corrected chi connectivity index (χ0v) is 23.9. The Hall–Kier alpha value is -3.56. The molecule has 0 spiro atoms. The van der Waals surface area contributed by atoms with Gasteiger partial charge in [-0.2, -0.15) is 0 Å². The van der Waals surface area contributed by atoms with Crippen molar-refractivity contribution in [1.82, 2.24) is 10.2 Å². The maximum atomic E-state index is 13.9. The minimum atomic E-state index is -4.17. The molecule has 3 aromatic rings. The molecular formula is C29H34ClN3O5S. The van der Waals surface area contributed by atoms with E-state index in [4.69, 9.17) is 16.3 Å². The Kier molecular flexibility index (Phi) is 10.8. The van der Waals surface area contributed by atoms with Crippen molar-refractivity contribution in [2.45, 2.75) is 44.2 Å². The smallest absolute Gasteiger partial charge is 0.264 e. The van der Waals surface area contributed by atoms with Crippen molar-refractivity contribution < 1.29 is 22.7 Å². The molecule has 0 fully saturated rings. The van der Waals surface area contributed by atoms with Gasteiger partial charge >= 0.3 is 0 Å². The van der Waals surface area contributed by atoms with Gasteiger partial charge in [0, 0.05) is 13.1 Å². The normalized spacial score (nSPS) is 11.9. The molecule has 2 amide bonds. The Morgan fingerprint density at radius 1 is 0.974 bits per heavy atom. The van der Waals surface area contributed by atoms with Crippen molar-refractivity contribution in [2.24, 2.45) is 0 Å². The van der Waals surface area contributed by atoms with Gasteiger partial charge in [0.15, 0.2) is 0 Å². The molecule has 0 aromatic heterocycles. The summed E-state index contributed by atoms with van der Waals surface area (Å²) in [4.78, 5) is 28.3. The molecule has 10 heteroatoms. The van der Waals surface area contributed by atoms with Crippen molar-refractivity contribution in [1.29, 1.82) is 0 Å². The molecule has 0 aliphatic heterocycles. The summed E-state index contributed by atoms with van der Waals surface area (Å²) in [7, 11) is -2.61. The predicted molar refractivity (Wildman–Crippen MR) is 153 cm³/mol. The van der Waals surface area contributed by atoms with E-state index in [-0.39, 0.29) is 28.1 Å². The summed E-state index contributed by atoms with van der Waals surface area (Å²) >= 11 is 6.41. The van der Waals surface area contributed by atoms with Gasteiger partial charge in [0.25, 0.3) is 10.0 Å². The van der Waals surface area contributed by atoms with Gasteiger partial charge < -0.3 is 15.0 Å². The van der Waals surface area contributed by atoms with Gasteiger partial charge in [-0.3, -0.25) is 13.9 Å². The highest BCUT2D eigenvalue weighted by atomic mass is 35.5. The average molecular weight is 572 g/mol. The van der Waals surface area contributed by atoms with Crippen LogP contribution in [0.2, 0.25) is 5.02 Å². The largest absolute Gasteiger partial charge is 0.497 e. The van der Waals surface area contributed by atoms with Crippen molar-refractivity contribution >= 4 is 39.1 Å². The number of halogens is 1. The molecule has 1 unspecified atom stereocenters. The second-order valence-corrected chi connectivity index (χ2v) is 11.2. The fourth-order valence-electron chi connectivity index (χ4n) is 3.93. The number of carbonyl (C=O) groups is 2. The molecular weight excluding hydrogens is 538 g/mol. The molecule has 0 radical (unpaired) electrons. The summed E-state index contributed by atoms with van der Waals surface area (Å²) in [5, 5.41) is 3.04. The van der Waals surface area contributed by atoms with E-state index in [1.54, 1.807) is 80.8 Å². The first-order valence-electron chi connectivity index (χ1n) is 12.7. The summed E-state index contributed by atoms with van der Waals surface area (Å²) in [5.74, 6) is -0.218. The summed E-state index contributed by atoms with van der Waals surface area (Å²) in [5.41, 5.74) is 0.924. The summed E-state index contributed by atoms with van der Waals surface area (Å²) in [6.07, 6.45) is 1.72. The number of para-hydroxylation sites is 1. The third kappa shape index (κ3) is 7.74. The van der Waals surface area contributed by atoms with E-state index in [1.165, 1.54) is 17.0 Å². The molecule has 0 heterocycles. The molecule has 1 N–H and O–H groups in total. The van der Waals surface area contributed by atoms with E-state index in [1.807, 2.05) is 6.92 Å². The standard InChI is InChI=1S/C29H34ClN3O5S/c1-4-5-19-31-29(35)22(2)32(20-23-15-17-24(38-3)18-16-23)28(34)21-33(27-14-10-9-13-26(27)30)39(36,37)25-11-7-6-8-12-25/h6-18,22H,4-5,19-21H2,1-3H3,(H,31,35). The number of anilines is 1. The van der Waals surface area contributed by atoms with Crippen LogP contribution in [-0.2, 0) is 26.2 Å². The topological polar surface area (TPSA) is 96.0 Å². The molecule has 0 aliphatic rings. The highest BCUT2D eigenvalue weighted by molar-refractivity contribution is 7.92. The minimum Gasteiger partial charge on any atom is -0.497 e. The van der Waals surface area contributed by atoms with E-state index >= 15 is 0 Å². The van der Waals surface area contributed by atoms with E-state index < -0.39 is 28.5 Å². The summed E-state index contributed by atoms with van der Waals surface area (Å²) in [6, 6.07) is 20.6. The van der Waals surface area contributed by atoms with Crippen molar-refractivity contribution in [3.8, 4) is 5.75 Å². The molecule has 0 aliphatic carbocycles. The second kappa shape index (κ2) is 14.0. The molecule has 0 bridgehead atoms. The van der Waals surface area contributed by atoms with Crippen LogP contribution in [0.1, 0.15) is 32.3 Å². The van der Waals surface area contributed by atoms with Crippen LogP contribution in [0.15, 0.2) is 83.8 Å². The Bertz CT molecular complexity index is 1350. The number of ether oxygens (including phenoxy) is 1. The van der Waals surface area contributed by atoms with Gasteiger partial charge in [0.05, 0.1) is 22.7 Å². The van der Waals surface area contributed by atoms with Gasteiger partial charge in [-0.1, -0.05) is 67.4 Å². The molecule has 0 saturated heterocycles. The number of nitrogens with one attached hydrogen (secondary N) is 1. The maximum Gasteiger partial charge on any atom is 0.264 e. The molecule has 8 nitrogen and oxygen atoms in total. The lowest BCUT2D eigenvalue weighted by Gasteiger charge is -2.32. The highest BCUT2D eigenvalue weighted by Gasteiger charge is 2.33. The fraction of sp³-hybridized carbons (Fsp3) is 0.310. The second-order valence-electron chi connectivity index (χ2n) is 8.97. The van der Waals surface area contributed by atoms with Crippen molar-refractivity contribution in [3.63, 3.8) is 0 Å². The molecule has 0 saturated carbocycles. The number of methoxy groups -OCH3 is 1. The lowest BCUT2D eigenvalue weighted by atomic mass is 10.1. The number of carbonyl (C=O) groups excluding carboxylic acids is 2. The molecule has 3 rings (SSSR count). The number of sulfonamides is 1. The predicted octanol–water partition coefficient (Wildman–Crippen LogP) is 4.88. The van der Waals surface area contributed by atoms with Crippen LogP contribution in [-0.4, -0.2) is 51.4 Å². The van der Waals surface area contributed by atoms with Crippen LogP contribution in [0.3, 0.4) is 0 Å². The number of unbranched alkanes of at least 4 members (excludes halogenated alkanes) is 1. The first-order chi connectivity index (χ1) is 18.7. The zero-order valence-electron chi connectivity index (χ0n) is 22.3. The summed E-state index contributed by atoms with van der Waals surface area (Å²) in [6.45, 7) is 3.68. The minimum absolute atomic E-state index is 0.0183. The number of nitrogens with zero attached hydrogens (tertiary/aromatic N) is 2. The number of benzene rings is 3. The third-order valence-corrected chi connectivity index (χ3v) is 8.33. The number of amides is 2. The Balaban J connectivity index is 1.99. The SMILES string of the molecule is CCCCNC(=O)C(C)N(Cc1ccc(OC)cc1)C(=O)CN(c1ccccc1Cl)S(=O)(=O)c1ccccc1. The Morgan fingerprint density at radius 2 is 1.62 bits per heavy atom. The lowest BCUT2D eigenvalue weighted by molar-refractivity contribution is -0.139. The van der Waals surface area contributed by atoms with E-state index in [0.29, 0.717) is 12.3 Å². The van der Waals surface area contributed by atoms with Crippen molar-refractivity contribution in [2.75, 3.05) is 24.5 Å². The van der Waals surface area contributed by atoms with Crippen LogP contribution in [0, 0.1) is 0 Å². The van der Waals surface area contributed by atoms with Gasteiger partial charge in [-0.25, -0.2) is 8.42 Å². The van der Waals surface area contributed by atoms with Crippen LogP contribution in [0.5, 0.6) is 5.75 Å². The zero-order chi connectivity index (χ0) is 28.4. The first kappa shape index (κ1) is 30.0. The highest BCUT2D eigenvalue weighted by Crippen LogP contribution is 2.30. The van der Waals surface area contributed by atoms with Crippen LogP contribution < -0.4 is 14.4 Å². The Morgan fingerprint density at radius 3 is 2.23 bits per heavy atom. The molecule has 208 valence electrons. The quantitative estimate of drug-likeness (QED) is 0.295. The van der Waals surface area contributed by atoms with Crippen LogP contribution in [0.25, 0.3) is 0 Å². The molecule has 39 heavy (non-hydrogen) atoms. The van der Waals surface area contributed by atoms with Gasteiger partial charge in [0.1, 0.15) is 18.3 Å². The molecule has 3 aromatic carbocycles. The first-order valence-corrected chi connectivity index (χ1v) is 14.5. The van der Waals surface area contributed by atoms with Crippen LogP contribution in [0.4, 0.5) is 5.69 Å². The van der Waals surface area contributed by atoms with Crippen molar-refractivity contribution in [3.05, 3.63) is 89.4 Å². The number of hydrogen-bond donors (Lipinski definition) is 1. The van der Waals surface area contributed by atoms with E-state index in [9.17, 15) is 18.0 Å². The summed E-state index contributed by atoms with van der Waals surface area (Å²) < 4.78 is 33.7. The maximum absolute atomic E-state index is 13.9. The van der Waals surface area contributed by atoms with Crippen LogP contribution >= 0.6 is 11.6 Å². The van der Waals surface area contributed by atoms with Gasteiger partial charge in [-0.05, 0) is 55.3 Å². The average Bonchev–Trinajstić information content (AvgIpc) is 2.95. The fourth-order valence-corrected chi connectivity index (χ4v) is 5.68. The third-order valence-electron chi connectivity index (χ3n) is 6.24. The molecule has 1 atom stereocenters. The Labute approximate surface area is 235 Å². The number of rotatable bonds is 13. The van der Waals surface area contributed by atoms with E-state index in [0.717, 1.165) is 22.7 Å². The van der Waals surface area contributed by atoms with Gasteiger partial charge in [-0.15, -0.1) is 0 Å². The van der Waals surface area contributed by atoms with E-state index in [2.05, 4.69) is 5.32 Å². The number of hydrogen-bond acceptors (Lipinski definition) is 5. The monoisotopic (exact) mass is 571 g/mol. The van der Waals surface area contributed by atoms with Gasteiger partial charge in [0.2, 0.25) is 11.8 Å².